The van der Waals surface area contributed by atoms with Gasteiger partial charge in [0.1, 0.15) is 28.1 Å². The number of halogens is 1. The third kappa shape index (κ3) is 5.31. The number of aromatic nitrogens is 1. The summed E-state index contributed by atoms with van der Waals surface area (Å²) in [5.74, 6) is -0.986. The molecule has 24 heavy (non-hydrogen) atoms. The summed E-state index contributed by atoms with van der Waals surface area (Å²) >= 11 is 1.22. The van der Waals surface area contributed by atoms with E-state index in [1.54, 1.807) is 6.92 Å². The molecule has 0 fully saturated rings. The smallest absolute Gasteiger partial charge is 0.303 e. The van der Waals surface area contributed by atoms with Crippen LogP contribution >= 0.6 is 11.3 Å². The molecule has 0 unspecified atom stereocenters. The maximum Gasteiger partial charge on any atom is 0.303 e. The number of hydrogen-bond donors (Lipinski definition) is 2. The number of thiazole rings is 1. The van der Waals surface area contributed by atoms with Gasteiger partial charge in [-0.25, -0.2) is 9.37 Å². The van der Waals surface area contributed by atoms with E-state index in [0.29, 0.717) is 34.3 Å². The Labute approximate surface area is 142 Å². The Balaban J connectivity index is 1.88. The maximum absolute atomic E-state index is 12.8. The number of carbonyl (C=O) groups excluding carboxylic acids is 1. The third-order valence-electron chi connectivity index (χ3n) is 3.08. The van der Waals surface area contributed by atoms with Crippen LogP contribution in [0.2, 0.25) is 0 Å². The number of carbonyl (C=O) groups is 2. The van der Waals surface area contributed by atoms with Gasteiger partial charge >= 0.3 is 5.97 Å². The number of carboxylic acids is 1. The number of ether oxygens (including phenoxy) is 1. The van der Waals surface area contributed by atoms with Gasteiger partial charge in [-0.2, -0.15) is 0 Å². The zero-order chi connectivity index (χ0) is 17.5. The largest absolute Gasteiger partial charge is 0.486 e. The first-order valence-electron chi connectivity index (χ1n) is 7.30. The lowest BCUT2D eigenvalue weighted by Gasteiger charge is -2.03. The average molecular weight is 352 g/mol. The number of nitrogens with zero attached hydrogens (tertiary/aromatic N) is 1. The van der Waals surface area contributed by atoms with Gasteiger partial charge in [0.25, 0.3) is 5.91 Å². The highest BCUT2D eigenvalue weighted by Gasteiger charge is 2.15. The van der Waals surface area contributed by atoms with Gasteiger partial charge in [-0.05, 0) is 37.6 Å². The Kier molecular flexibility index (Phi) is 6.25. The first kappa shape index (κ1) is 17.9. The highest BCUT2D eigenvalue weighted by molar-refractivity contribution is 7.13. The van der Waals surface area contributed by atoms with E-state index in [0.717, 1.165) is 0 Å². The van der Waals surface area contributed by atoms with Crippen LogP contribution in [0.4, 0.5) is 4.39 Å². The normalized spacial score (nSPS) is 10.4. The highest BCUT2D eigenvalue weighted by Crippen LogP contribution is 2.20. The second kappa shape index (κ2) is 8.39. The molecular weight excluding hydrogens is 335 g/mol. The van der Waals surface area contributed by atoms with Crippen LogP contribution in [0.5, 0.6) is 5.75 Å². The van der Waals surface area contributed by atoms with Gasteiger partial charge in [-0.1, -0.05) is 0 Å². The molecule has 0 atom stereocenters. The van der Waals surface area contributed by atoms with Crippen molar-refractivity contribution in [1.29, 1.82) is 0 Å². The van der Waals surface area contributed by atoms with Crippen LogP contribution in [0.3, 0.4) is 0 Å². The number of carboxylic acid groups (broad SMARTS) is 1. The van der Waals surface area contributed by atoms with Crippen molar-refractivity contribution in [3.05, 3.63) is 45.7 Å². The van der Waals surface area contributed by atoms with E-state index < -0.39 is 5.97 Å². The minimum atomic E-state index is -0.890. The van der Waals surface area contributed by atoms with E-state index in [1.165, 1.54) is 35.6 Å². The maximum atomic E-state index is 12.8. The van der Waals surface area contributed by atoms with Gasteiger partial charge in [-0.15, -0.1) is 11.3 Å². The highest BCUT2D eigenvalue weighted by atomic mass is 32.1. The first-order chi connectivity index (χ1) is 11.5. The number of aliphatic carboxylic acids is 1. The fraction of sp³-hybridized carbons (Fsp3) is 0.312. The van der Waals surface area contributed by atoms with Crippen LogP contribution in [0.1, 0.15) is 33.2 Å². The zero-order valence-corrected chi connectivity index (χ0v) is 13.9. The predicted molar refractivity (Wildman–Crippen MR) is 86.8 cm³/mol. The van der Waals surface area contributed by atoms with Crippen LogP contribution in [0, 0.1) is 12.7 Å². The van der Waals surface area contributed by atoms with Gasteiger partial charge in [0.15, 0.2) is 0 Å². The minimum Gasteiger partial charge on any atom is -0.486 e. The molecule has 0 saturated heterocycles. The number of aryl methyl sites for hydroxylation is 1. The number of hydrogen-bond acceptors (Lipinski definition) is 5. The molecule has 1 aromatic carbocycles. The molecule has 1 aromatic heterocycles. The summed E-state index contributed by atoms with van der Waals surface area (Å²) in [5, 5.41) is 11.9. The molecule has 0 saturated carbocycles. The van der Waals surface area contributed by atoms with E-state index in [1.807, 2.05) is 0 Å². The van der Waals surface area contributed by atoms with Crippen molar-refractivity contribution >= 4 is 23.2 Å². The van der Waals surface area contributed by atoms with E-state index in [4.69, 9.17) is 9.84 Å². The van der Waals surface area contributed by atoms with E-state index in [9.17, 15) is 14.0 Å². The first-order valence-corrected chi connectivity index (χ1v) is 8.12. The summed E-state index contributed by atoms with van der Waals surface area (Å²) in [6.45, 7) is 2.21. The molecule has 0 aliphatic heterocycles. The van der Waals surface area contributed by atoms with E-state index in [2.05, 4.69) is 10.3 Å². The van der Waals surface area contributed by atoms with Crippen LogP contribution in [-0.2, 0) is 11.4 Å². The summed E-state index contributed by atoms with van der Waals surface area (Å²) in [6, 6.07) is 5.65. The van der Waals surface area contributed by atoms with Gasteiger partial charge in [0, 0.05) is 13.0 Å². The van der Waals surface area contributed by atoms with Crippen LogP contribution in [-0.4, -0.2) is 28.5 Å². The molecule has 2 aromatic rings. The lowest BCUT2D eigenvalue weighted by molar-refractivity contribution is -0.137. The quantitative estimate of drug-likeness (QED) is 0.713. The molecule has 128 valence electrons. The lowest BCUT2D eigenvalue weighted by atomic mass is 10.3. The second-order valence-corrected chi connectivity index (χ2v) is 6.10. The van der Waals surface area contributed by atoms with Crippen molar-refractivity contribution in [2.75, 3.05) is 6.54 Å². The van der Waals surface area contributed by atoms with Gasteiger partial charge in [0.05, 0.1) is 5.69 Å². The van der Waals surface area contributed by atoms with Crippen molar-refractivity contribution < 1.29 is 23.8 Å². The Morgan fingerprint density at radius 2 is 2.04 bits per heavy atom. The molecule has 6 nitrogen and oxygen atoms in total. The van der Waals surface area contributed by atoms with Crippen LogP contribution in [0.15, 0.2) is 24.3 Å². The van der Waals surface area contributed by atoms with Gasteiger partial charge in [-0.3, -0.25) is 9.59 Å². The van der Waals surface area contributed by atoms with E-state index in [-0.39, 0.29) is 24.8 Å². The Morgan fingerprint density at radius 3 is 2.71 bits per heavy atom. The zero-order valence-electron chi connectivity index (χ0n) is 13.0. The van der Waals surface area contributed by atoms with Gasteiger partial charge < -0.3 is 15.2 Å². The van der Waals surface area contributed by atoms with Crippen molar-refractivity contribution in [2.24, 2.45) is 0 Å². The second-order valence-electron chi connectivity index (χ2n) is 5.02. The SMILES string of the molecule is Cc1nc(COc2ccc(F)cc2)sc1C(=O)NCCCC(=O)O. The topological polar surface area (TPSA) is 88.5 Å². The number of benzene rings is 1. The van der Waals surface area contributed by atoms with E-state index >= 15 is 0 Å². The number of rotatable bonds is 8. The lowest BCUT2D eigenvalue weighted by Crippen LogP contribution is -2.24. The van der Waals surface area contributed by atoms with Crippen molar-refractivity contribution in [2.45, 2.75) is 26.4 Å². The fourth-order valence-corrected chi connectivity index (χ4v) is 2.82. The predicted octanol–water partition coefficient (Wildman–Crippen LogP) is 2.76. The molecule has 2 rings (SSSR count). The summed E-state index contributed by atoms with van der Waals surface area (Å²) in [7, 11) is 0. The summed E-state index contributed by atoms with van der Waals surface area (Å²) < 4.78 is 18.3. The molecule has 0 spiro atoms. The Morgan fingerprint density at radius 1 is 1.33 bits per heavy atom. The monoisotopic (exact) mass is 352 g/mol. The fourth-order valence-electron chi connectivity index (χ4n) is 1.92. The van der Waals surface area contributed by atoms with Crippen LogP contribution < -0.4 is 10.1 Å². The number of amides is 1. The molecule has 0 aliphatic rings. The van der Waals surface area contributed by atoms with Crippen molar-refractivity contribution in [1.82, 2.24) is 10.3 Å². The molecule has 8 heteroatoms. The average Bonchev–Trinajstić information content (AvgIpc) is 2.92. The van der Waals surface area contributed by atoms with Crippen LogP contribution in [0.25, 0.3) is 0 Å². The van der Waals surface area contributed by atoms with Gasteiger partial charge in [0.2, 0.25) is 0 Å². The standard InChI is InChI=1S/C16H17FN2O4S/c1-10-15(16(22)18-8-2-3-14(20)21)24-13(19-10)9-23-12-6-4-11(17)5-7-12/h4-7H,2-3,8-9H2,1H3,(H,18,22)(H,20,21). The molecule has 1 heterocycles. The molecular formula is C16H17FN2O4S. The summed E-state index contributed by atoms with van der Waals surface area (Å²) in [4.78, 5) is 27.2. The van der Waals surface area contributed by atoms with Crippen molar-refractivity contribution in [3.63, 3.8) is 0 Å². The summed E-state index contributed by atoms with van der Waals surface area (Å²) in [6.07, 6.45) is 0.387. The molecule has 0 radical (unpaired) electrons. The molecule has 0 bridgehead atoms. The molecule has 0 aliphatic carbocycles. The summed E-state index contributed by atoms with van der Waals surface area (Å²) in [5.41, 5.74) is 0.591. The molecule has 2 N–H and O–H groups in total. The number of nitrogens with one attached hydrogen (secondary N) is 1. The third-order valence-corrected chi connectivity index (χ3v) is 4.21. The Hall–Kier alpha value is -2.48. The minimum absolute atomic E-state index is 0.0126. The molecule has 1 amide bonds. The Bertz CT molecular complexity index is 715. The van der Waals surface area contributed by atoms with Crippen molar-refractivity contribution in [3.8, 4) is 5.75 Å².